The van der Waals surface area contributed by atoms with Crippen molar-refractivity contribution < 1.29 is 23.8 Å². The molecule has 0 aromatic carbocycles. The van der Waals surface area contributed by atoms with Crippen molar-refractivity contribution in [1.29, 1.82) is 0 Å². The van der Waals surface area contributed by atoms with E-state index in [9.17, 15) is 14.7 Å². The van der Waals surface area contributed by atoms with Crippen LogP contribution in [-0.2, 0) is 15.1 Å². The van der Waals surface area contributed by atoms with Crippen LogP contribution in [0.15, 0.2) is 22.8 Å². The Balaban J connectivity index is 2.46. The van der Waals surface area contributed by atoms with Gasteiger partial charge in [0.25, 0.3) is 0 Å². The second kappa shape index (κ2) is 7.68. The highest BCUT2D eigenvalue weighted by Gasteiger charge is 2.39. The molecule has 7 nitrogen and oxygen atoms in total. The average Bonchev–Trinajstić information content (AvgIpc) is 2.91. The third-order valence-electron chi connectivity index (χ3n) is 2.79. The largest absolute Gasteiger partial charge is 0.479 e. The number of carboxylic acid groups (broad SMARTS) is 1. The number of carbonyl (C=O) groups excluding carboxylic acids is 1. The highest BCUT2D eigenvalue weighted by molar-refractivity contribution is 5.86. The standard InChI is InChI=1S/C14H22N2O5/c1-10(2)9-20-8-6-15-13(19)16-14(3,12(17)18)11-5-4-7-21-11/h4-5,7,10H,6,8-9H2,1-3H3,(H,17,18)(H2,15,16,19). The van der Waals surface area contributed by atoms with E-state index < -0.39 is 17.5 Å². The number of rotatable bonds is 8. The molecule has 1 aromatic rings. The van der Waals surface area contributed by atoms with E-state index in [0.29, 0.717) is 25.7 Å². The minimum atomic E-state index is -1.62. The zero-order valence-electron chi connectivity index (χ0n) is 12.5. The molecule has 0 saturated heterocycles. The first-order chi connectivity index (χ1) is 9.86. The summed E-state index contributed by atoms with van der Waals surface area (Å²) in [6.07, 6.45) is 1.36. The van der Waals surface area contributed by atoms with Gasteiger partial charge < -0.3 is 24.9 Å². The molecule has 3 N–H and O–H groups in total. The molecule has 2 amide bonds. The second-order valence-corrected chi connectivity index (χ2v) is 5.26. The molecule has 1 heterocycles. The molecule has 21 heavy (non-hydrogen) atoms. The van der Waals surface area contributed by atoms with Crippen LogP contribution in [0.1, 0.15) is 26.5 Å². The van der Waals surface area contributed by atoms with Crippen molar-refractivity contribution in [3.8, 4) is 0 Å². The van der Waals surface area contributed by atoms with E-state index in [0.717, 1.165) is 0 Å². The lowest BCUT2D eigenvalue weighted by atomic mass is 9.99. The van der Waals surface area contributed by atoms with Crippen LogP contribution in [0.25, 0.3) is 0 Å². The van der Waals surface area contributed by atoms with Crippen LogP contribution >= 0.6 is 0 Å². The van der Waals surface area contributed by atoms with Crippen molar-refractivity contribution >= 4 is 12.0 Å². The fraction of sp³-hybridized carbons (Fsp3) is 0.571. The van der Waals surface area contributed by atoms with E-state index in [2.05, 4.69) is 10.6 Å². The lowest BCUT2D eigenvalue weighted by Gasteiger charge is -2.24. The van der Waals surface area contributed by atoms with Crippen molar-refractivity contribution in [1.82, 2.24) is 10.6 Å². The summed E-state index contributed by atoms with van der Waals surface area (Å²) in [5, 5.41) is 14.2. The quantitative estimate of drug-likeness (QED) is 0.632. The summed E-state index contributed by atoms with van der Waals surface area (Å²) in [5.41, 5.74) is -1.62. The van der Waals surface area contributed by atoms with Crippen LogP contribution in [0.5, 0.6) is 0 Å². The molecule has 0 aliphatic carbocycles. The Morgan fingerprint density at radius 3 is 2.71 bits per heavy atom. The maximum atomic E-state index is 11.8. The molecule has 0 fully saturated rings. The highest BCUT2D eigenvalue weighted by atomic mass is 16.5. The highest BCUT2D eigenvalue weighted by Crippen LogP contribution is 2.21. The van der Waals surface area contributed by atoms with E-state index in [1.54, 1.807) is 6.07 Å². The third kappa shape index (κ3) is 5.11. The number of nitrogens with one attached hydrogen (secondary N) is 2. The molecule has 1 atom stereocenters. The first kappa shape index (κ1) is 17.0. The Morgan fingerprint density at radius 1 is 1.48 bits per heavy atom. The van der Waals surface area contributed by atoms with Crippen LogP contribution < -0.4 is 10.6 Å². The SMILES string of the molecule is CC(C)COCCNC(=O)NC(C)(C(=O)O)c1ccco1. The van der Waals surface area contributed by atoms with E-state index in [-0.39, 0.29) is 5.76 Å². The summed E-state index contributed by atoms with van der Waals surface area (Å²) in [7, 11) is 0. The summed E-state index contributed by atoms with van der Waals surface area (Å²) >= 11 is 0. The molecule has 0 radical (unpaired) electrons. The Bertz CT molecular complexity index is 458. The predicted molar refractivity (Wildman–Crippen MR) is 75.9 cm³/mol. The zero-order chi connectivity index (χ0) is 15.9. The monoisotopic (exact) mass is 298 g/mol. The molecule has 0 aliphatic heterocycles. The molecule has 7 heteroatoms. The Kier molecular flexibility index (Phi) is 6.23. The van der Waals surface area contributed by atoms with Crippen LogP contribution in [0.4, 0.5) is 4.79 Å². The first-order valence-corrected chi connectivity index (χ1v) is 6.77. The zero-order valence-corrected chi connectivity index (χ0v) is 12.5. The number of hydrogen-bond donors (Lipinski definition) is 3. The third-order valence-corrected chi connectivity index (χ3v) is 2.79. The molecule has 0 bridgehead atoms. The summed E-state index contributed by atoms with van der Waals surface area (Å²) in [6, 6.07) is 2.47. The van der Waals surface area contributed by atoms with Crippen LogP contribution in [0, 0.1) is 5.92 Å². The molecule has 0 spiro atoms. The molecule has 1 aromatic heterocycles. The molecule has 1 rings (SSSR count). The van der Waals surface area contributed by atoms with Gasteiger partial charge in [-0.05, 0) is 25.0 Å². The smallest absolute Gasteiger partial charge is 0.337 e. The van der Waals surface area contributed by atoms with Gasteiger partial charge in [0.15, 0.2) is 5.54 Å². The van der Waals surface area contributed by atoms with Gasteiger partial charge in [0, 0.05) is 13.2 Å². The molecule has 1 unspecified atom stereocenters. The van der Waals surface area contributed by atoms with Crippen molar-refractivity contribution in [3.05, 3.63) is 24.2 Å². The Morgan fingerprint density at radius 2 is 2.19 bits per heavy atom. The van der Waals surface area contributed by atoms with E-state index in [1.807, 2.05) is 13.8 Å². The fourth-order valence-corrected chi connectivity index (χ4v) is 1.61. The lowest BCUT2D eigenvalue weighted by molar-refractivity contribution is -0.144. The number of urea groups is 1. The van der Waals surface area contributed by atoms with Gasteiger partial charge in [-0.15, -0.1) is 0 Å². The lowest BCUT2D eigenvalue weighted by Crippen LogP contribution is -2.53. The number of hydrogen-bond acceptors (Lipinski definition) is 4. The van der Waals surface area contributed by atoms with Crippen LogP contribution in [0.3, 0.4) is 0 Å². The average molecular weight is 298 g/mol. The normalized spacial score (nSPS) is 13.7. The summed E-state index contributed by atoms with van der Waals surface area (Å²) in [5.74, 6) is -0.627. The minimum absolute atomic E-state index is 0.154. The van der Waals surface area contributed by atoms with Gasteiger partial charge in [-0.25, -0.2) is 9.59 Å². The predicted octanol–water partition coefficient (Wildman–Crippen LogP) is 1.55. The van der Waals surface area contributed by atoms with Gasteiger partial charge in [0.1, 0.15) is 5.76 Å². The van der Waals surface area contributed by atoms with Gasteiger partial charge in [0.05, 0.1) is 12.9 Å². The molecular formula is C14H22N2O5. The number of carboxylic acids is 1. The van der Waals surface area contributed by atoms with Crippen molar-refractivity contribution in [3.63, 3.8) is 0 Å². The maximum absolute atomic E-state index is 11.8. The second-order valence-electron chi connectivity index (χ2n) is 5.26. The van der Waals surface area contributed by atoms with Crippen LogP contribution in [-0.4, -0.2) is 36.9 Å². The van der Waals surface area contributed by atoms with Crippen LogP contribution in [0.2, 0.25) is 0 Å². The minimum Gasteiger partial charge on any atom is -0.479 e. The van der Waals surface area contributed by atoms with Gasteiger partial charge >= 0.3 is 12.0 Å². The first-order valence-electron chi connectivity index (χ1n) is 6.77. The van der Waals surface area contributed by atoms with Gasteiger partial charge in [0.2, 0.25) is 0 Å². The van der Waals surface area contributed by atoms with Crippen molar-refractivity contribution in [2.45, 2.75) is 26.3 Å². The van der Waals surface area contributed by atoms with E-state index in [4.69, 9.17) is 9.15 Å². The topological polar surface area (TPSA) is 101 Å². The fourth-order valence-electron chi connectivity index (χ4n) is 1.61. The summed E-state index contributed by atoms with van der Waals surface area (Å²) in [4.78, 5) is 23.2. The molecule has 118 valence electrons. The van der Waals surface area contributed by atoms with Gasteiger partial charge in [-0.2, -0.15) is 0 Å². The van der Waals surface area contributed by atoms with E-state index in [1.165, 1.54) is 19.3 Å². The Hall–Kier alpha value is -2.02. The van der Waals surface area contributed by atoms with E-state index >= 15 is 0 Å². The number of furan rings is 1. The molecule has 0 saturated carbocycles. The number of aliphatic carboxylic acids is 1. The number of carbonyl (C=O) groups is 2. The van der Waals surface area contributed by atoms with Crippen molar-refractivity contribution in [2.24, 2.45) is 5.92 Å². The Labute approximate surface area is 123 Å². The van der Waals surface area contributed by atoms with Gasteiger partial charge in [-0.1, -0.05) is 13.8 Å². The van der Waals surface area contributed by atoms with Gasteiger partial charge in [-0.3, -0.25) is 0 Å². The molecular weight excluding hydrogens is 276 g/mol. The van der Waals surface area contributed by atoms with Crippen molar-refractivity contribution in [2.75, 3.05) is 19.8 Å². The maximum Gasteiger partial charge on any atom is 0.337 e. The number of ether oxygens (including phenoxy) is 1. The number of amides is 2. The summed E-state index contributed by atoms with van der Waals surface area (Å²) < 4.78 is 10.4. The summed E-state index contributed by atoms with van der Waals surface area (Å²) in [6.45, 7) is 6.71. The molecule has 0 aliphatic rings.